The first-order valence-corrected chi connectivity index (χ1v) is 11.6. The molecule has 1 saturated heterocycles. The van der Waals surface area contributed by atoms with Gasteiger partial charge < -0.3 is 21.1 Å². The zero-order chi connectivity index (χ0) is 19.9. The molecular weight excluding hydrogens is 515 g/mol. The van der Waals surface area contributed by atoms with E-state index in [2.05, 4.69) is 10.3 Å². The van der Waals surface area contributed by atoms with Gasteiger partial charge in [-0.25, -0.2) is 8.42 Å². The highest BCUT2D eigenvalue weighted by Crippen LogP contribution is 2.20. The summed E-state index contributed by atoms with van der Waals surface area (Å²) in [5.41, 5.74) is 5.31. The molecule has 2 unspecified atom stereocenters. The largest absolute Gasteiger partial charge is 0.390 e. The molecule has 11 heteroatoms. The van der Waals surface area contributed by atoms with Crippen LogP contribution in [0.2, 0.25) is 0 Å². The molecule has 1 aromatic heterocycles. The monoisotopic (exact) mass is 544 g/mol. The lowest BCUT2D eigenvalue weighted by Crippen LogP contribution is -2.47. The molecule has 4 N–H and O–H groups in total. The summed E-state index contributed by atoms with van der Waals surface area (Å²) in [6.45, 7) is 4.05. The lowest BCUT2D eigenvalue weighted by atomic mass is 9.95. The van der Waals surface area contributed by atoms with E-state index in [1.807, 2.05) is 11.8 Å². The molecule has 28 heavy (non-hydrogen) atoms. The number of hydrogen-bond acceptors (Lipinski definition) is 6. The number of thiophene rings is 1. The molecule has 0 aliphatic carbocycles. The standard InChI is InChI=1S/C17H28N4O4S2.HI/c1-2-19-17(21-7-3-5-13(11-21)9-15(18)23)20-10-14(22)12-27(24,25)16-6-4-8-26-16;/h4,6,8,13-14,22H,2-3,5,7,9-12H2,1H3,(H2,18,23)(H,19,20);1H. The summed E-state index contributed by atoms with van der Waals surface area (Å²) in [4.78, 5) is 17.6. The fourth-order valence-corrected chi connectivity index (χ4v) is 5.62. The number of aliphatic hydroxyl groups excluding tert-OH is 1. The van der Waals surface area contributed by atoms with Crippen molar-refractivity contribution < 1.29 is 18.3 Å². The van der Waals surface area contributed by atoms with Crippen LogP contribution >= 0.6 is 35.3 Å². The van der Waals surface area contributed by atoms with Gasteiger partial charge >= 0.3 is 0 Å². The summed E-state index contributed by atoms with van der Waals surface area (Å²) in [7, 11) is -3.51. The molecule has 1 aromatic rings. The van der Waals surface area contributed by atoms with Crippen molar-refractivity contribution >= 4 is 57.0 Å². The lowest BCUT2D eigenvalue weighted by Gasteiger charge is -2.34. The molecule has 1 fully saturated rings. The molecule has 1 aliphatic rings. The first-order valence-electron chi connectivity index (χ1n) is 9.07. The number of nitrogens with two attached hydrogens (primary N) is 1. The molecule has 2 heterocycles. The minimum absolute atomic E-state index is 0. The number of amides is 1. The fraction of sp³-hybridized carbons (Fsp3) is 0.647. The Bertz CT molecular complexity index is 740. The number of halogens is 1. The second kappa shape index (κ2) is 11.9. The van der Waals surface area contributed by atoms with Crippen molar-refractivity contribution in [3.05, 3.63) is 17.5 Å². The molecule has 2 rings (SSSR count). The van der Waals surface area contributed by atoms with Crippen LogP contribution in [0.3, 0.4) is 0 Å². The zero-order valence-electron chi connectivity index (χ0n) is 15.9. The minimum Gasteiger partial charge on any atom is -0.390 e. The van der Waals surface area contributed by atoms with Crippen LogP contribution < -0.4 is 11.1 Å². The van der Waals surface area contributed by atoms with Gasteiger partial charge in [-0.15, -0.1) is 35.3 Å². The lowest BCUT2D eigenvalue weighted by molar-refractivity contribution is -0.119. The van der Waals surface area contributed by atoms with Gasteiger partial charge in [0, 0.05) is 26.1 Å². The van der Waals surface area contributed by atoms with E-state index in [9.17, 15) is 18.3 Å². The van der Waals surface area contributed by atoms with Crippen LogP contribution in [-0.4, -0.2) is 68.3 Å². The number of aliphatic imine (C=N–C) groups is 1. The molecule has 0 bridgehead atoms. The number of rotatable bonds is 8. The Balaban J connectivity index is 0.00000392. The van der Waals surface area contributed by atoms with Gasteiger partial charge in [-0.1, -0.05) is 6.07 Å². The second-order valence-corrected chi connectivity index (χ2v) is 9.90. The van der Waals surface area contributed by atoms with Crippen LogP contribution in [0.4, 0.5) is 0 Å². The molecule has 160 valence electrons. The van der Waals surface area contributed by atoms with E-state index >= 15 is 0 Å². The zero-order valence-corrected chi connectivity index (χ0v) is 19.9. The van der Waals surface area contributed by atoms with Crippen molar-refractivity contribution in [2.75, 3.05) is 31.9 Å². The van der Waals surface area contributed by atoms with E-state index in [1.165, 1.54) is 6.07 Å². The number of hydrogen-bond donors (Lipinski definition) is 3. The number of nitrogens with zero attached hydrogens (tertiary/aromatic N) is 2. The Morgan fingerprint density at radius 2 is 2.29 bits per heavy atom. The van der Waals surface area contributed by atoms with Crippen LogP contribution in [0, 0.1) is 5.92 Å². The summed E-state index contributed by atoms with van der Waals surface area (Å²) in [5.74, 6) is 0.141. The van der Waals surface area contributed by atoms with Crippen molar-refractivity contribution in [3.8, 4) is 0 Å². The van der Waals surface area contributed by atoms with E-state index in [0.29, 0.717) is 25.5 Å². The Kier molecular flexibility index (Phi) is 10.7. The van der Waals surface area contributed by atoms with Gasteiger partial charge in [-0.3, -0.25) is 9.79 Å². The average Bonchev–Trinajstić information content (AvgIpc) is 3.13. The van der Waals surface area contributed by atoms with Crippen LogP contribution in [0.5, 0.6) is 0 Å². The molecule has 0 saturated carbocycles. The smallest absolute Gasteiger partial charge is 0.217 e. The summed E-state index contributed by atoms with van der Waals surface area (Å²) in [6, 6.07) is 3.21. The number of sulfone groups is 1. The second-order valence-electron chi connectivity index (χ2n) is 6.69. The van der Waals surface area contributed by atoms with E-state index in [-0.39, 0.29) is 52.3 Å². The van der Waals surface area contributed by atoms with Crippen molar-refractivity contribution in [2.24, 2.45) is 16.6 Å². The summed E-state index contributed by atoms with van der Waals surface area (Å²) in [6.07, 6.45) is 1.13. The maximum atomic E-state index is 12.3. The first kappa shape index (κ1) is 25.1. The fourth-order valence-electron chi connectivity index (χ4n) is 3.15. The minimum atomic E-state index is -3.51. The number of likely N-dealkylation sites (tertiary alicyclic amines) is 1. The molecule has 0 spiro atoms. The molecule has 1 aliphatic heterocycles. The molecule has 0 aromatic carbocycles. The SMILES string of the molecule is CCNC(=NCC(O)CS(=O)(=O)c1cccs1)N1CCCC(CC(N)=O)C1.I. The summed E-state index contributed by atoms with van der Waals surface area (Å²) >= 11 is 1.14. The predicted molar refractivity (Wildman–Crippen MR) is 122 cm³/mol. The predicted octanol–water partition coefficient (Wildman–Crippen LogP) is 1.05. The summed E-state index contributed by atoms with van der Waals surface area (Å²) < 4.78 is 24.8. The van der Waals surface area contributed by atoms with Gasteiger partial charge in [0.05, 0.1) is 18.4 Å². The summed E-state index contributed by atoms with van der Waals surface area (Å²) in [5, 5.41) is 15.0. The molecule has 1 amide bonds. The number of guanidine groups is 1. The number of aliphatic hydroxyl groups is 1. The highest BCUT2D eigenvalue weighted by molar-refractivity contribution is 14.0. The van der Waals surface area contributed by atoms with Crippen molar-refractivity contribution in [2.45, 2.75) is 36.5 Å². The molecule has 2 atom stereocenters. The average molecular weight is 544 g/mol. The normalized spacial score (nSPS) is 19.0. The van der Waals surface area contributed by atoms with E-state index in [4.69, 9.17) is 5.73 Å². The number of piperidine rings is 1. The van der Waals surface area contributed by atoms with Gasteiger partial charge in [-0.2, -0.15) is 0 Å². The van der Waals surface area contributed by atoms with Gasteiger partial charge in [0.2, 0.25) is 5.91 Å². The van der Waals surface area contributed by atoms with E-state index < -0.39 is 15.9 Å². The van der Waals surface area contributed by atoms with E-state index in [1.54, 1.807) is 11.4 Å². The van der Waals surface area contributed by atoms with Gasteiger partial charge in [0.1, 0.15) is 4.21 Å². The number of carbonyl (C=O) groups excluding carboxylic acids is 1. The quantitative estimate of drug-likeness (QED) is 0.255. The molecule has 8 nitrogen and oxygen atoms in total. The van der Waals surface area contributed by atoms with Gasteiger partial charge in [0.15, 0.2) is 15.8 Å². The number of primary amides is 1. The Labute approximate surface area is 187 Å². The maximum absolute atomic E-state index is 12.3. The number of carbonyl (C=O) groups is 1. The van der Waals surface area contributed by atoms with Crippen LogP contribution in [0.1, 0.15) is 26.2 Å². The highest BCUT2D eigenvalue weighted by Gasteiger charge is 2.24. The molecular formula is C17H29IN4O4S2. The number of nitrogens with one attached hydrogen (secondary N) is 1. The third-order valence-electron chi connectivity index (χ3n) is 4.31. The van der Waals surface area contributed by atoms with Crippen molar-refractivity contribution in [1.29, 1.82) is 0 Å². The Morgan fingerprint density at radius 3 is 2.89 bits per heavy atom. The van der Waals surface area contributed by atoms with Crippen LogP contribution in [0.25, 0.3) is 0 Å². The van der Waals surface area contributed by atoms with Crippen LogP contribution in [0.15, 0.2) is 26.7 Å². The highest BCUT2D eigenvalue weighted by atomic mass is 127. The van der Waals surface area contributed by atoms with Gasteiger partial charge in [-0.05, 0) is 37.1 Å². The Morgan fingerprint density at radius 1 is 1.54 bits per heavy atom. The third kappa shape index (κ3) is 7.84. The molecule has 0 radical (unpaired) electrons. The third-order valence-corrected chi connectivity index (χ3v) is 7.59. The first-order chi connectivity index (χ1) is 12.8. The Hall–Kier alpha value is -0.920. The topological polar surface area (TPSA) is 125 Å². The van der Waals surface area contributed by atoms with Crippen LogP contribution in [-0.2, 0) is 14.6 Å². The van der Waals surface area contributed by atoms with Crippen molar-refractivity contribution in [1.82, 2.24) is 10.2 Å². The van der Waals surface area contributed by atoms with Crippen molar-refractivity contribution in [3.63, 3.8) is 0 Å². The maximum Gasteiger partial charge on any atom is 0.217 e. The van der Waals surface area contributed by atoms with Gasteiger partial charge in [0.25, 0.3) is 0 Å². The van der Waals surface area contributed by atoms with E-state index in [0.717, 1.165) is 30.7 Å².